The second-order valence-electron chi connectivity index (χ2n) is 14.0. The zero-order valence-corrected chi connectivity index (χ0v) is 30.3. The second kappa shape index (κ2) is 13.1. The van der Waals surface area contributed by atoms with E-state index in [1.807, 2.05) is 13.0 Å². The summed E-state index contributed by atoms with van der Waals surface area (Å²) < 4.78 is 45.9. The van der Waals surface area contributed by atoms with Gasteiger partial charge in [0, 0.05) is 68.6 Å². The van der Waals surface area contributed by atoms with Gasteiger partial charge in [-0.05, 0) is 68.5 Å². The molecule has 3 fully saturated rings. The van der Waals surface area contributed by atoms with Crippen LogP contribution in [0.15, 0.2) is 33.5 Å². The standard InChI is InChI=1S/C35H42ClN5O8S/c1-21-28(39-13-12-38(2)23(16-39)18-47-3)15-27(36)30-24-8-11-40(17-26(24)34(44)49-31(21)30)33(43)22-6-7-25(29(14-22)48-4)32(42)37-50(45,46)41-19-35(20-41)9-5-10-35/h6-7,14-15,23H,5,8-13,16-20H2,1-4H3,(H,37,42)/t23-/m1/s1. The topological polar surface area (TPSA) is 142 Å². The highest BCUT2D eigenvalue weighted by molar-refractivity contribution is 7.87. The fourth-order valence-electron chi connectivity index (χ4n) is 7.84. The molecule has 50 heavy (non-hydrogen) atoms. The Morgan fingerprint density at radius 2 is 1.86 bits per heavy atom. The summed E-state index contributed by atoms with van der Waals surface area (Å²) in [5, 5.41) is 1.17. The van der Waals surface area contributed by atoms with Crippen LogP contribution in [0.3, 0.4) is 0 Å². The van der Waals surface area contributed by atoms with Gasteiger partial charge in [-0.3, -0.25) is 14.5 Å². The van der Waals surface area contributed by atoms with Gasteiger partial charge in [0.05, 0.1) is 42.5 Å². The van der Waals surface area contributed by atoms with Gasteiger partial charge in [0.1, 0.15) is 11.3 Å². The maximum Gasteiger partial charge on any atom is 0.341 e. The Morgan fingerprint density at radius 1 is 1.10 bits per heavy atom. The van der Waals surface area contributed by atoms with Gasteiger partial charge in [-0.25, -0.2) is 9.52 Å². The average molecular weight is 728 g/mol. The van der Waals surface area contributed by atoms with Gasteiger partial charge in [-0.15, -0.1) is 0 Å². The van der Waals surface area contributed by atoms with Crippen LogP contribution in [0.5, 0.6) is 5.75 Å². The number of ether oxygens (including phenoxy) is 2. The number of nitrogens with one attached hydrogen (secondary N) is 1. The minimum Gasteiger partial charge on any atom is -0.496 e. The first-order valence-electron chi connectivity index (χ1n) is 16.9. The van der Waals surface area contributed by atoms with Gasteiger partial charge < -0.3 is 23.7 Å². The van der Waals surface area contributed by atoms with E-state index in [-0.39, 0.29) is 40.8 Å². The van der Waals surface area contributed by atoms with Crippen LogP contribution in [0.1, 0.15) is 56.7 Å². The number of carbonyl (C=O) groups excluding carboxylic acids is 2. The number of nitrogens with zero attached hydrogens (tertiary/aromatic N) is 4. The summed E-state index contributed by atoms with van der Waals surface area (Å²) in [5.41, 5.74) is 3.09. The summed E-state index contributed by atoms with van der Waals surface area (Å²) in [6, 6.07) is 6.39. The Morgan fingerprint density at radius 3 is 2.54 bits per heavy atom. The minimum atomic E-state index is -4.01. The Labute approximate surface area is 296 Å². The van der Waals surface area contributed by atoms with Crippen LogP contribution in [0.4, 0.5) is 5.69 Å². The van der Waals surface area contributed by atoms with Crippen molar-refractivity contribution in [2.24, 2.45) is 5.41 Å². The van der Waals surface area contributed by atoms with Crippen LogP contribution in [0.2, 0.25) is 5.02 Å². The summed E-state index contributed by atoms with van der Waals surface area (Å²) in [5.74, 6) is -1.17. The third kappa shape index (κ3) is 6.04. The number of halogens is 1. The summed E-state index contributed by atoms with van der Waals surface area (Å²) >= 11 is 6.94. The molecule has 4 heterocycles. The number of hydrogen-bond donors (Lipinski definition) is 1. The lowest BCUT2D eigenvalue weighted by Gasteiger charge is -2.54. The summed E-state index contributed by atoms with van der Waals surface area (Å²) in [6.07, 6.45) is 3.49. The second-order valence-corrected chi connectivity index (χ2v) is 16.1. The van der Waals surface area contributed by atoms with Gasteiger partial charge in [-0.2, -0.15) is 12.7 Å². The number of aryl methyl sites for hydroxylation is 1. The SMILES string of the molecule is COC[C@H]1CN(c2cc(Cl)c3c4c(c(=O)oc3c2C)CN(C(=O)c2ccc(C(=O)NS(=O)(=O)N3CC5(CCC5)C3)c(OC)c2)CC4)CCN1C. The highest BCUT2D eigenvalue weighted by atomic mass is 35.5. The third-order valence-corrected chi connectivity index (χ3v) is 12.7. The van der Waals surface area contributed by atoms with Gasteiger partial charge in [0.15, 0.2) is 0 Å². The van der Waals surface area contributed by atoms with E-state index in [0.717, 1.165) is 55.7 Å². The molecule has 1 spiro atoms. The zero-order valence-electron chi connectivity index (χ0n) is 28.7. The predicted octanol–water partition coefficient (Wildman–Crippen LogP) is 3.19. The summed E-state index contributed by atoms with van der Waals surface area (Å²) in [7, 11) is 1.11. The summed E-state index contributed by atoms with van der Waals surface area (Å²) in [6.45, 7) is 6.08. The number of methoxy groups -OCH3 is 2. The Kier molecular flexibility index (Phi) is 9.12. The molecule has 15 heteroatoms. The molecule has 1 aromatic heterocycles. The molecule has 268 valence electrons. The Bertz CT molecular complexity index is 2040. The van der Waals surface area contributed by atoms with Crippen molar-refractivity contribution in [3.8, 4) is 5.75 Å². The van der Waals surface area contributed by atoms with Crippen LogP contribution in [-0.4, -0.2) is 108 Å². The van der Waals surface area contributed by atoms with Crippen LogP contribution >= 0.6 is 11.6 Å². The lowest BCUT2D eigenvalue weighted by Crippen LogP contribution is -2.63. The molecule has 4 aliphatic rings. The number of rotatable bonds is 8. The molecule has 3 aliphatic heterocycles. The fourth-order valence-corrected chi connectivity index (χ4v) is 9.50. The Balaban J connectivity index is 1.09. The predicted molar refractivity (Wildman–Crippen MR) is 188 cm³/mol. The normalized spacial score (nSPS) is 20.7. The van der Waals surface area contributed by atoms with Crippen molar-refractivity contribution in [3.63, 3.8) is 0 Å². The quantitative estimate of drug-likeness (QED) is 0.344. The molecule has 1 aliphatic carbocycles. The number of likely N-dealkylation sites (N-methyl/N-ethyl adjacent to an activating group) is 1. The Hall–Kier alpha value is -3.69. The van der Waals surface area contributed by atoms with Crippen molar-refractivity contribution in [2.45, 2.75) is 45.2 Å². The van der Waals surface area contributed by atoms with Crippen molar-refractivity contribution in [1.82, 2.24) is 18.8 Å². The van der Waals surface area contributed by atoms with Gasteiger partial charge in [-0.1, -0.05) is 18.0 Å². The molecule has 13 nitrogen and oxygen atoms in total. The first-order valence-corrected chi connectivity index (χ1v) is 18.7. The largest absolute Gasteiger partial charge is 0.496 e. The minimum absolute atomic E-state index is 0.0147. The highest BCUT2D eigenvalue weighted by Crippen LogP contribution is 2.49. The molecule has 1 N–H and O–H groups in total. The first kappa shape index (κ1) is 34.7. The molecule has 0 radical (unpaired) electrons. The molecular formula is C35H42ClN5O8S. The van der Waals surface area contributed by atoms with Crippen molar-refractivity contribution in [3.05, 3.63) is 67.5 Å². The fraction of sp³-hybridized carbons (Fsp3) is 0.514. The number of carbonyl (C=O) groups is 2. The van der Waals surface area contributed by atoms with Crippen molar-refractivity contribution in [1.29, 1.82) is 0 Å². The van der Waals surface area contributed by atoms with E-state index in [2.05, 4.69) is 21.6 Å². The molecular weight excluding hydrogens is 686 g/mol. The van der Waals surface area contributed by atoms with Gasteiger partial charge in [0.2, 0.25) is 0 Å². The molecule has 2 aromatic carbocycles. The molecule has 1 saturated carbocycles. The van der Waals surface area contributed by atoms with E-state index >= 15 is 0 Å². The molecule has 3 aromatic rings. The molecule has 2 amide bonds. The number of benzene rings is 2. The van der Waals surface area contributed by atoms with E-state index in [1.165, 1.54) is 29.6 Å². The van der Waals surface area contributed by atoms with E-state index < -0.39 is 21.7 Å². The van der Waals surface area contributed by atoms with Crippen molar-refractivity contribution < 1.29 is 31.9 Å². The maximum absolute atomic E-state index is 13.7. The van der Waals surface area contributed by atoms with E-state index in [4.69, 9.17) is 25.5 Å². The number of fused-ring (bicyclic) bond motifs is 3. The van der Waals surface area contributed by atoms with Crippen molar-refractivity contribution >= 4 is 50.3 Å². The average Bonchev–Trinajstić information content (AvgIpc) is 3.05. The number of anilines is 1. The smallest absolute Gasteiger partial charge is 0.341 e. The van der Waals surface area contributed by atoms with Crippen LogP contribution in [0, 0.1) is 12.3 Å². The number of hydrogen-bond acceptors (Lipinski definition) is 10. The molecule has 2 saturated heterocycles. The van der Waals surface area contributed by atoms with Crippen LogP contribution < -0.4 is 20.0 Å². The number of amides is 2. The third-order valence-electron chi connectivity index (χ3n) is 11.0. The number of piperazine rings is 1. The van der Waals surface area contributed by atoms with E-state index in [1.54, 1.807) is 12.0 Å². The zero-order chi connectivity index (χ0) is 35.5. The highest BCUT2D eigenvalue weighted by Gasteiger charge is 2.51. The van der Waals surface area contributed by atoms with E-state index in [0.29, 0.717) is 54.2 Å². The lowest BCUT2D eigenvalue weighted by atomic mass is 9.65. The van der Waals surface area contributed by atoms with Crippen LogP contribution in [-0.2, 0) is 27.9 Å². The monoisotopic (exact) mass is 727 g/mol. The molecule has 0 bridgehead atoms. The molecule has 0 unspecified atom stereocenters. The molecule has 1 atom stereocenters. The maximum atomic E-state index is 13.7. The lowest BCUT2D eigenvalue weighted by molar-refractivity contribution is -0.00859. The van der Waals surface area contributed by atoms with E-state index in [9.17, 15) is 22.8 Å². The molecule has 7 rings (SSSR count). The van der Waals surface area contributed by atoms with Crippen molar-refractivity contribution in [2.75, 3.05) is 72.0 Å². The van der Waals surface area contributed by atoms with Gasteiger partial charge in [0.25, 0.3) is 11.8 Å². The first-order chi connectivity index (χ1) is 23.8. The van der Waals surface area contributed by atoms with Crippen LogP contribution in [0.25, 0.3) is 11.0 Å². The van der Waals surface area contributed by atoms with Gasteiger partial charge >= 0.3 is 15.8 Å². The summed E-state index contributed by atoms with van der Waals surface area (Å²) in [4.78, 5) is 46.3.